The van der Waals surface area contributed by atoms with Crippen LogP contribution < -0.4 is 5.32 Å². The molecule has 0 spiro atoms. The molecule has 0 saturated carbocycles. The van der Waals surface area contributed by atoms with Gasteiger partial charge in [-0.3, -0.25) is 0 Å². The van der Waals surface area contributed by atoms with Gasteiger partial charge in [0.25, 0.3) is 0 Å². The fourth-order valence-electron chi connectivity index (χ4n) is 2.09. The molecule has 0 atom stereocenters. The minimum Gasteiger partial charge on any atom is -0.478 e. The van der Waals surface area contributed by atoms with Crippen molar-refractivity contribution in [2.75, 3.05) is 18.4 Å². The lowest BCUT2D eigenvalue weighted by Crippen LogP contribution is -2.40. The molecule has 0 unspecified atom stereocenters. The second-order valence-electron chi connectivity index (χ2n) is 5.97. The van der Waals surface area contributed by atoms with Crippen LogP contribution in [-0.2, 0) is 0 Å². The first-order valence-electron chi connectivity index (χ1n) is 7.19. The van der Waals surface area contributed by atoms with E-state index in [1.165, 1.54) is 6.07 Å². The molecule has 116 valence electrons. The van der Waals surface area contributed by atoms with Gasteiger partial charge in [0.1, 0.15) is 0 Å². The Hall–Kier alpha value is -2.04. The van der Waals surface area contributed by atoms with Gasteiger partial charge in [-0.2, -0.15) is 0 Å². The third-order valence-corrected chi connectivity index (χ3v) is 2.86. The highest BCUT2D eigenvalue weighted by molar-refractivity contribution is 5.99. The number of para-hydroxylation sites is 1. The second kappa shape index (κ2) is 7.67. The SMILES string of the molecule is CC(C)CN(CC(C)C)C(=O)Nc1ccccc1C(=O)O. The van der Waals surface area contributed by atoms with Crippen LogP contribution in [0.5, 0.6) is 0 Å². The zero-order valence-electron chi connectivity index (χ0n) is 13.1. The van der Waals surface area contributed by atoms with Crippen molar-refractivity contribution in [2.45, 2.75) is 27.7 Å². The van der Waals surface area contributed by atoms with Crippen molar-refractivity contribution < 1.29 is 14.7 Å². The molecule has 0 saturated heterocycles. The Bertz CT molecular complexity index is 488. The van der Waals surface area contributed by atoms with Gasteiger partial charge in [0.05, 0.1) is 11.3 Å². The molecule has 0 bridgehead atoms. The molecule has 0 aliphatic heterocycles. The van der Waals surface area contributed by atoms with Gasteiger partial charge in [0, 0.05) is 13.1 Å². The number of hydrogen-bond acceptors (Lipinski definition) is 2. The minimum atomic E-state index is -1.05. The maximum atomic E-state index is 12.4. The van der Waals surface area contributed by atoms with Crippen LogP contribution in [0.3, 0.4) is 0 Å². The van der Waals surface area contributed by atoms with Crippen molar-refractivity contribution in [3.05, 3.63) is 29.8 Å². The summed E-state index contributed by atoms with van der Waals surface area (Å²) in [6, 6.07) is 6.17. The number of amides is 2. The molecule has 0 radical (unpaired) electrons. The largest absolute Gasteiger partial charge is 0.478 e. The van der Waals surface area contributed by atoms with Gasteiger partial charge < -0.3 is 15.3 Å². The molecule has 1 aromatic carbocycles. The highest BCUT2D eigenvalue weighted by Gasteiger charge is 2.18. The van der Waals surface area contributed by atoms with Crippen LogP contribution >= 0.6 is 0 Å². The molecule has 1 rings (SSSR count). The van der Waals surface area contributed by atoms with Gasteiger partial charge in [-0.25, -0.2) is 9.59 Å². The van der Waals surface area contributed by atoms with Crippen molar-refractivity contribution in [2.24, 2.45) is 11.8 Å². The number of aromatic carboxylic acids is 1. The number of hydrogen-bond donors (Lipinski definition) is 2. The van der Waals surface area contributed by atoms with Crippen LogP contribution in [0.2, 0.25) is 0 Å². The minimum absolute atomic E-state index is 0.0971. The fourth-order valence-corrected chi connectivity index (χ4v) is 2.09. The average molecular weight is 292 g/mol. The summed E-state index contributed by atoms with van der Waals surface area (Å²) in [5.41, 5.74) is 0.424. The summed E-state index contributed by atoms with van der Waals surface area (Å²) in [5, 5.41) is 11.9. The normalized spacial score (nSPS) is 10.8. The van der Waals surface area contributed by atoms with Crippen LogP contribution in [0.25, 0.3) is 0 Å². The number of carboxylic acid groups (broad SMARTS) is 1. The smallest absolute Gasteiger partial charge is 0.337 e. The number of nitrogens with one attached hydrogen (secondary N) is 1. The van der Waals surface area contributed by atoms with Crippen molar-refractivity contribution >= 4 is 17.7 Å². The summed E-state index contributed by atoms with van der Waals surface area (Å²) in [5.74, 6) is -0.349. The van der Waals surface area contributed by atoms with Crippen LogP contribution in [0.1, 0.15) is 38.1 Å². The standard InChI is InChI=1S/C16H24N2O3/c1-11(2)9-18(10-12(3)4)16(21)17-14-8-6-5-7-13(14)15(19)20/h5-8,11-12H,9-10H2,1-4H3,(H,17,21)(H,19,20). The third kappa shape index (κ3) is 5.45. The van der Waals surface area contributed by atoms with Crippen LogP contribution in [0.15, 0.2) is 24.3 Å². The predicted octanol–water partition coefficient (Wildman–Crippen LogP) is 3.53. The number of urea groups is 1. The van der Waals surface area contributed by atoms with Crippen molar-refractivity contribution in [1.82, 2.24) is 4.90 Å². The van der Waals surface area contributed by atoms with E-state index in [0.717, 1.165) is 0 Å². The number of nitrogens with zero attached hydrogens (tertiary/aromatic N) is 1. The van der Waals surface area contributed by atoms with Gasteiger partial charge in [-0.05, 0) is 24.0 Å². The molecule has 5 heteroatoms. The molecule has 0 aliphatic carbocycles. The fraction of sp³-hybridized carbons (Fsp3) is 0.500. The third-order valence-electron chi connectivity index (χ3n) is 2.86. The van der Waals surface area contributed by atoms with Crippen molar-refractivity contribution in [3.63, 3.8) is 0 Å². The molecule has 21 heavy (non-hydrogen) atoms. The highest BCUT2D eigenvalue weighted by atomic mass is 16.4. The lowest BCUT2D eigenvalue weighted by atomic mass is 10.1. The summed E-state index contributed by atoms with van der Waals surface area (Å²) >= 11 is 0. The van der Waals surface area contributed by atoms with Crippen LogP contribution in [-0.4, -0.2) is 35.1 Å². The van der Waals surface area contributed by atoms with Gasteiger partial charge >= 0.3 is 12.0 Å². The average Bonchev–Trinajstić information content (AvgIpc) is 2.37. The zero-order valence-corrected chi connectivity index (χ0v) is 13.1. The van der Waals surface area contributed by atoms with E-state index in [1.54, 1.807) is 23.1 Å². The second-order valence-corrected chi connectivity index (χ2v) is 5.97. The van der Waals surface area contributed by atoms with Crippen LogP contribution in [0.4, 0.5) is 10.5 Å². The van der Waals surface area contributed by atoms with E-state index in [-0.39, 0.29) is 11.6 Å². The molecule has 1 aromatic rings. The van der Waals surface area contributed by atoms with E-state index in [2.05, 4.69) is 5.32 Å². The highest BCUT2D eigenvalue weighted by Crippen LogP contribution is 2.16. The Kier molecular flexibility index (Phi) is 6.21. The number of anilines is 1. The van der Waals surface area contributed by atoms with Crippen molar-refractivity contribution in [3.8, 4) is 0 Å². The molecular weight excluding hydrogens is 268 g/mol. The lowest BCUT2D eigenvalue weighted by Gasteiger charge is -2.26. The molecule has 2 amide bonds. The number of rotatable bonds is 6. The van der Waals surface area contributed by atoms with Gasteiger partial charge in [-0.1, -0.05) is 39.8 Å². The van der Waals surface area contributed by atoms with E-state index in [0.29, 0.717) is 30.6 Å². The van der Waals surface area contributed by atoms with E-state index in [9.17, 15) is 9.59 Å². The molecule has 0 heterocycles. The maximum absolute atomic E-state index is 12.4. The quantitative estimate of drug-likeness (QED) is 0.842. The Morgan fingerprint density at radius 3 is 2.10 bits per heavy atom. The van der Waals surface area contributed by atoms with Gasteiger partial charge in [-0.15, -0.1) is 0 Å². The number of benzene rings is 1. The molecule has 0 fully saturated rings. The zero-order chi connectivity index (χ0) is 16.0. The van der Waals surface area contributed by atoms with Crippen molar-refractivity contribution in [1.29, 1.82) is 0 Å². The summed E-state index contributed by atoms with van der Waals surface area (Å²) in [7, 11) is 0. The predicted molar refractivity (Wildman–Crippen MR) is 83.7 cm³/mol. The maximum Gasteiger partial charge on any atom is 0.337 e. The molecule has 0 aliphatic rings. The van der Waals surface area contributed by atoms with Gasteiger partial charge in [0.2, 0.25) is 0 Å². The Morgan fingerprint density at radius 1 is 1.10 bits per heavy atom. The van der Waals surface area contributed by atoms with Crippen LogP contribution in [0, 0.1) is 11.8 Å². The molecular formula is C16H24N2O3. The summed E-state index contributed by atoms with van der Waals surface area (Å²) in [4.78, 5) is 25.3. The topological polar surface area (TPSA) is 69.6 Å². The van der Waals surface area contributed by atoms with E-state index in [4.69, 9.17) is 5.11 Å². The first kappa shape index (κ1) is 17.0. The first-order valence-corrected chi connectivity index (χ1v) is 7.19. The lowest BCUT2D eigenvalue weighted by molar-refractivity contribution is 0.0698. The summed E-state index contributed by atoms with van der Waals surface area (Å²) < 4.78 is 0. The number of carboxylic acids is 1. The monoisotopic (exact) mass is 292 g/mol. The first-order chi connectivity index (χ1) is 9.81. The molecule has 5 nitrogen and oxygen atoms in total. The molecule has 0 aromatic heterocycles. The Morgan fingerprint density at radius 2 is 1.62 bits per heavy atom. The molecule has 2 N–H and O–H groups in total. The van der Waals surface area contributed by atoms with Gasteiger partial charge in [0.15, 0.2) is 0 Å². The van der Waals surface area contributed by atoms with E-state index >= 15 is 0 Å². The summed E-state index contributed by atoms with van der Waals surface area (Å²) in [6.45, 7) is 9.47. The Balaban J connectivity index is 2.88. The number of carbonyl (C=O) groups excluding carboxylic acids is 1. The van der Waals surface area contributed by atoms with E-state index < -0.39 is 5.97 Å². The van der Waals surface area contributed by atoms with E-state index in [1.807, 2.05) is 27.7 Å². The number of carbonyl (C=O) groups is 2. The summed E-state index contributed by atoms with van der Waals surface area (Å²) in [6.07, 6.45) is 0. The Labute approximate surface area is 126 Å².